The predicted octanol–water partition coefficient (Wildman–Crippen LogP) is 4.24. The van der Waals surface area contributed by atoms with Crippen molar-refractivity contribution in [1.29, 1.82) is 0 Å². The molecule has 0 saturated heterocycles. The number of amides is 2. The fourth-order valence-corrected chi connectivity index (χ4v) is 4.17. The van der Waals surface area contributed by atoms with Gasteiger partial charge in [0.25, 0.3) is 11.8 Å². The number of hydrogen-bond donors (Lipinski definition) is 2. The molecule has 7 nitrogen and oxygen atoms in total. The number of pyridine rings is 1. The Balaban J connectivity index is 1.78. The summed E-state index contributed by atoms with van der Waals surface area (Å²) in [7, 11) is 1.49. The molecule has 0 spiro atoms. The maximum Gasteiger partial charge on any atom is 0.573 e. The summed E-state index contributed by atoms with van der Waals surface area (Å²) in [6.45, 7) is 1.80. The second-order valence-electron chi connectivity index (χ2n) is 8.11. The number of carbonyl (C=O) groups excluding carboxylic acids is 2. The number of hydrogen-bond acceptors (Lipinski definition) is 5. The van der Waals surface area contributed by atoms with E-state index in [-0.39, 0.29) is 35.8 Å². The van der Waals surface area contributed by atoms with Crippen LogP contribution in [0.15, 0.2) is 54.7 Å². The molecule has 1 aliphatic heterocycles. The van der Waals surface area contributed by atoms with Crippen LogP contribution in [0.4, 0.5) is 17.6 Å². The highest BCUT2D eigenvalue weighted by Crippen LogP contribution is 2.42. The molecule has 11 heteroatoms. The van der Waals surface area contributed by atoms with Crippen LogP contribution in [0.1, 0.15) is 44.0 Å². The van der Waals surface area contributed by atoms with Crippen LogP contribution in [-0.2, 0) is 5.54 Å². The highest BCUT2D eigenvalue weighted by molar-refractivity contribution is 5.99. The molecule has 4 rings (SSSR count). The molecule has 0 aliphatic carbocycles. The zero-order valence-corrected chi connectivity index (χ0v) is 19.2. The number of nitrogens with zero attached hydrogens (tertiary/aromatic N) is 1. The standard InChI is InChI=1S/C25H21F4N3O4/c1-14-12-15(5-7-17(14)23(34)30-2)22(33)32-24(9-11-35-20-4-3-10-31-21(20)24)16-6-8-19(18(26)13-16)36-25(27,28)29/h3-8,10,12-13H,9,11H2,1-2H3,(H,30,34)(H,32,33). The number of ether oxygens (including phenoxy) is 2. The summed E-state index contributed by atoms with van der Waals surface area (Å²) in [5, 5.41) is 5.42. The zero-order valence-electron chi connectivity index (χ0n) is 19.2. The van der Waals surface area contributed by atoms with Crippen molar-refractivity contribution in [2.75, 3.05) is 13.7 Å². The van der Waals surface area contributed by atoms with Crippen molar-refractivity contribution in [3.05, 3.63) is 88.5 Å². The van der Waals surface area contributed by atoms with Gasteiger partial charge in [-0.15, -0.1) is 13.2 Å². The van der Waals surface area contributed by atoms with Gasteiger partial charge in [0, 0.05) is 30.8 Å². The minimum atomic E-state index is -5.07. The Hall–Kier alpha value is -4.15. The predicted molar refractivity (Wildman–Crippen MR) is 120 cm³/mol. The van der Waals surface area contributed by atoms with Crippen LogP contribution < -0.4 is 20.1 Å². The van der Waals surface area contributed by atoms with Gasteiger partial charge >= 0.3 is 6.36 Å². The molecule has 2 amide bonds. The molecule has 1 aliphatic rings. The van der Waals surface area contributed by atoms with Crippen molar-refractivity contribution in [3.63, 3.8) is 0 Å². The van der Waals surface area contributed by atoms with Gasteiger partial charge in [0.2, 0.25) is 0 Å². The number of fused-ring (bicyclic) bond motifs is 1. The molecular formula is C25H21F4N3O4. The van der Waals surface area contributed by atoms with Gasteiger partial charge in [0.15, 0.2) is 11.6 Å². The van der Waals surface area contributed by atoms with Gasteiger partial charge in [0.05, 0.1) is 6.61 Å². The smallest absolute Gasteiger partial charge is 0.491 e. The Morgan fingerprint density at radius 3 is 2.56 bits per heavy atom. The Morgan fingerprint density at radius 2 is 1.89 bits per heavy atom. The van der Waals surface area contributed by atoms with Gasteiger partial charge in [-0.05, 0) is 60.5 Å². The van der Waals surface area contributed by atoms with E-state index in [9.17, 15) is 27.2 Å². The third kappa shape index (κ3) is 4.81. The van der Waals surface area contributed by atoms with Crippen molar-refractivity contribution < 1.29 is 36.6 Å². The summed E-state index contributed by atoms with van der Waals surface area (Å²) in [6, 6.07) is 10.7. The van der Waals surface area contributed by atoms with E-state index < -0.39 is 29.4 Å². The van der Waals surface area contributed by atoms with Gasteiger partial charge in [-0.2, -0.15) is 0 Å². The lowest BCUT2D eigenvalue weighted by molar-refractivity contribution is -0.275. The van der Waals surface area contributed by atoms with Crippen LogP contribution in [0.3, 0.4) is 0 Å². The molecule has 2 aromatic carbocycles. The number of benzene rings is 2. The van der Waals surface area contributed by atoms with Crippen LogP contribution in [0.5, 0.6) is 11.5 Å². The van der Waals surface area contributed by atoms with Crippen molar-refractivity contribution >= 4 is 11.8 Å². The maximum atomic E-state index is 14.7. The van der Waals surface area contributed by atoms with Gasteiger partial charge in [0.1, 0.15) is 17.0 Å². The van der Waals surface area contributed by atoms with Crippen LogP contribution in [0.2, 0.25) is 0 Å². The minimum Gasteiger partial charge on any atom is -0.491 e. The molecule has 0 saturated carbocycles. The summed E-state index contributed by atoms with van der Waals surface area (Å²) in [6.07, 6.45) is -3.48. The fourth-order valence-electron chi connectivity index (χ4n) is 4.17. The SMILES string of the molecule is CNC(=O)c1ccc(C(=O)NC2(c3ccc(OC(F)(F)F)c(F)c3)CCOc3cccnc32)cc1C. The summed E-state index contributed by atoms with van der Waals surface area (Å²) in [4.78, 5) is 29.7. The first kappa shape index (κ1) is 25.0. The molecule has 36 heavy (non-hydrogen) atoms. The minimum absolute atomic E-state index is 0.121. The third-order valence-corrected chi connectivity index (χ3v) is 5.85. The highest BCUT2D eigenvalue weighted by Gasteiger charge is 2.43. The molecule has 0 fully saturated rings. The number of alkyl halides is 3. The Kier molecular flexibility index (Phi) is 6.57. The van der Waals surface area contributed by atoms with Crippen LogP contribution >= 0.6 is 0 Å². The first-order valence-electron chi connectivity index (χ1n) is 10.8. The Labute approximate surface area is 203 Å². The van der Waals surface area contributed by atoms with E-state index in [0.29, 0.717) is 16.9 Å². The molecule has 1 atom stereocenters. The number of halogens is 4. The summed E-state index contributed by atoms with van der Waals surface area (Å²) in [5.74, 6) is -2.79. The van der Waals surface area contributed by atoms with E-state index in [0.717, 1.165) is 12.1 Å². The van der Waals surface area contributed by atoms with Gasteiger partial charge < -0.3 is 20.1 Å². The lowest BCUT2D eigenvalue weighted by Crippen LogP contribution is -2.50. The van der Waals surface area contributed by atoms with Gasteiger partial charge in [-0.1, -0.05) is 6.07 Å². The number of aromatic nitrogens is 1. The molecule has 2 N–H and O–H groups in total. The van der Waals surface area contributed by atoms with Crippen molar-refractivity contribution in [3.8, 4) is 11.5 Å². The lowest BCUT2D eigenvalue weighted by atomic mass is 9.81. The highest BCUT2D eigenvalue weighted by atomic mass is 19.4. The third-order valence-electron chi connectivity index (χ3n) is 5.85. The summed E-state index contributed by atoms with van der Waals surface area (Å²) in [5.41, 5.74) is 0.181. The molecule has 0 radical (unpaired) electrons. The molecule has 3 aromatic rings. The van der Waals surface area contributed by atoms with E-state index >= 15 is 0 Å². The monoisotopic (exact) mass is 503 g/mol. The van der Waals surface area contributed by atoms with E-state index in [2.05, 4.69) is 20.4 Å². The first-order chi connectivity index (χ1) is 17.0. The fraction of sp³-hybridized carbons (Fsp3) is 0.240. The van der Waals surface area contributed by atoms with Crippen molar-refractivity contribution in [2.24, 2.45) is 0 Å². The van der Waals surface area contributed by atoms with Gasteiger partial charge in [-0.25, -0.2) is 4.39 Å². The average molecular weight is 503 g/mol. The average Bonchev–Trinajstić information content (AvgIpc) is 2.84. The van der Waals surface area contributed by atoms with E-state index in [1.165, 1.54) is 37.5 Å². The van der Waals surface area contributed by atoms with Gasteiger partial charge in [-0.3, -0.25) is 14.6 Å². The lowest BCUT2D eigenvalue weighted by Gasteiger charge is -2.39. The van der Waals surface area contributed by atoms with Crippen LogP contribution in [0, 0.1) is 12.7 Å². The number of carbonyl (C=O) groups is 2. The van der Waals surface area contributed by atoms with Crippen LogP contribution in [-0.4, -0.2) is 36.8 Å². The second-order valence-corrected chi connectivity index (χ2v) is 8.11. The maximum absolute atomic E-state index is 14.7. The largest absolute Gasteiger partial charge is 0.573 e. The zero-order chi connectivity index (χ0) is 26.1. The molecule has 0 bridgehead atoms. The topological polar surface area (TPSA) is 89.6 Å². The number of aryl methyl sites for hydroxylation is 1. The van der Waals surface area contributed by atoms with E-state index in [1.54, 1.807) is 19.1 Å². The van der Waals surface area contributed by atoms with Crippen LogP contribution in [0.25, 0.3) is 0 Å². The van der Waals surface area contributed by atoms with Crippen molar-refractivity contribution in [1.82, 2.24) is 15.6 Å². The van der Waals surface area contributed by atoms with E-state index in [1.807, 2.05) is 0 Å². The first-order valence-corrected chi connectivity index (χ1v) is 10.8. The number of nitrogens with one attached hydrogen (secondary N) is 2. The molecule has 1 aromatic heterocycles. The molecule has 188 valence electrons. The Bertz CT molecular complexity index is 1330. The van der Waals surface area contributed by atoms with Crippen molar-refractivity contribution in [2.45, 2.75) is 25.2 Å². The summed E-state index contributed by atoms with van der Waals surface area (Å²) >= 11 is 0. The Morgan fingerprint density at radius 1 is 1.11 bits per heavy atom. The van der Waals surface area contributed by atoms with E-state index in [4.69, 9.17) is 4.74 Å². The summed E-state index contributed by atoms with van der Waals surface area (Å²) < 4.78 is 62.1. The molecular weight excluding hydrogens is 482 g/mol. The quantitative estimate of drug-likeness (QED) is 0.509. The second kappa shape index (κ2) is 9.48. The normalized spacial score (nSPS) is 16.9. The molecule has 1 unspecified atom stereocenters. The molecule has 2 heterocycles. The number of rotatable bonds is 5.